The Morgan fingerprint density at radius 3 is 2.67 bits per heavy atom. The molecule has 0 saturated heterocycles. The minimum absolute atomic E-state index is 0.0827. The fraction of sp³-hybridized carbons (Fsp3) is 0.909. The van der Waals surface area contributed by atoms with E-state index in [1.165, 1.54) is 0 Å². The second-order valence-corrected chi connectivity index (χ2v) is 3.57. The van der Waals surface area contributed by atoms with E-state index in [0.29, 0.717) is 13.0 Å². The minimum atomic E-state index is -0.0827. The number of nitrogens with one attached hydrogen (secondary N) is 1. The maximum absolute atomic E-state index is 11.0. The molecule has 0 fully saturated rings. The molecular formula is C11H24N2O2. The maximum atomic E-state index is 11.0. The molecule has 0 aliphatic heterocycles. The number of rotatable bonds is 10. The standard InChI is InChI=1S/C11H24N2O2/c1-2-6-11(14)15-10-5-9-13-8-4-3-7-12/h13H,2-10,12H2,1H3. The lowest BCUT2D eigenvalue weighted by molar-refractivity contribution is -0.143. The van der Waals surface area contributed by atoms with Crippen molar-refractivity contribution in [2.45, 2.75) is 39.0 Å². The molecule has 90 valence electrons. The predicted octanol–water partition coefficient (Wildman–Crippen LogP) is 1.05. The fourth-order valence-corrected chi connectivity index (χ4v) is 1.18. The quantitative estimate of drug-likeness (QED) is 0.423. The van der Waals surface area contributed by atoms with Crippen LogP contribution in [-0.2, 0) is 9.53 Å². The minimum Gasteiger partial charge on any atom is -0.466 e. The second-order valence-electron chi connectivity index (χ2n) is 3.57. The molecule has 4 heteroatoms. The first-order valence-corrected chi connectivity index (χ1v) is 5.87. The highest BCUT2D eigenvalue weighted by atomic mass is 16.5. The number of carbonyl (C=O) groups is 1. The fourth-order valence-electron chi connectivity index (χ4n) is 1.18. The summed E-state index contributed by atoms with van der Waals surface area (Å²) in [5, 5.41) is 3.28. The number of nitrogens with two attached hydrogens (primary N) is 1. The Bertz CT molecular complexity index is 152. The van der Waals surface area contributed by atoms with Crippen LogP contribution in [-0.4, -0.2) is 32.2 Å². The van der Waals surface area contributed by atoms with Crippen molar-refractivity contribution in [3.63, 3.8) is 0 Å². The van der Waals surface area contributed by atoms with E-state index in [1.807, 2.05) is 6.92 Å². The Kier molecular flexibility index (Phi) is 11.0. The van der Waals surface area contributed by atoms with Crippen LogP contribution in [0.25, 0.3) is 0 Å². The van der Waals surface area contributed by atoms with Crippen LogP contribution < -0.4 is 11.1 Å². The summed E-state index contributed by atoms with van der Waals surface area (Å²) >= 11 is 0. The summed E-state index contributed by atoms with van der Waals surface area (Å²) in [7, 11) is 0. The van der Waals surface area contributed by atoms with Crippen LogP contribution in [0.5, 0.6) is 0 Å². The number of unbranched alkanes of at least 4 members (excludes halogenated alkanes) is 1. The van der Waals surface area contributed by atoms with Crippen LogP contribution in [0.2, 0.25) is 0 Å². The van der Waals surface area contributed by atoms with E-state index in [4.69, 9.17) is 10.5 Å². The largest absolute Gasteiger partial charge is 0.466 e. The van der Waals surface area contributed by atoms with Crippen LogP contribution in [0.3, 0.4) is 0 Å². The lowest BCUT2D eigenvalue weighted by Gasteiger charge is -2.05. The maximum Gasteiger partial charge on any atom is 0.305 e. The molecule has 15 heavy (non-hydrogen) atoms. The van der Waals surface area contributed by atoms with Gasteiger partial charge in [-0.25, -0.2) is 0 Å². The molecule has 3 N–H and O–H groups in total. The van der Waals surface area contributed by atoms with E-state index in [-0.39, 0.29) is 5.97 Å². The third-order valence-electron chi connectivity index (χ3n) is 2.02. The molecule has 0 bridgehead atoms. The van der Waals surface area contributed by atoms with Crippen LogP contribution in [0.15, 0.2) is 0 Å². The monoisotopic (exact) mass is 216 g/mol. The van der Waals surface area contributed by atoms with Gasteiger partial charge in [-0.1, -0.05) is 6.92 Å². The van der Waals surface area contributed by atoms with E-state index in [0.717, 1.165) is 45.3 Å². The number of esters is 1. The molecule has 4 nitrogen and oxygen atoms in total. The molecular weight excluding hydrogens is 192 g/mol. The van der Waals surface area contributed by atoms with Crippen molar-refractivity contribution in [1.82, 2.24) is 5.32 Å². The zero-order chi connectivity index (χ0) is 11.4. The van der Waals surface area contributed by atoms with E-state index < -0.39 is 0 Å². The van der Waals surface area contributed by atoms with Gasteiger partial charge in [-0.05, 0) is 45.3 Å². The van der Waals surface area contributed by atoms with Crippen LogP contribution in [0, 0.1) is 0 Å². The number of hydrogen-bond acceptors (Lipinski definition) is 4. The predicted molar refractivity (Wildman–Crippen MR) is 61.6 cm³/mol. The van der Waals surface area contributed by atoms with Gasteiger partial charge in [0.2, 0.25) is 0 Å². The first-order valence-electron chi connectivity index (χ1n) is 5.87. The molecule has 0 aromatic rings. The van der Waals surface area contributed by atoms with Gasteiger partial charge < -0.3 is 15.8 Å². The average molecular weight is 216 g/mol. The van der Waals surface area contributed by atoms with Crippen molar-refractivity contribution >= 4 is 5.97 Å². The number of hydrogen-bond donors (Lipinski definition) is 2. The summed E-state index contributed by atoms with van der Waals surface area (Å²) in [6.45, 7) is 5.17. The van der Waals surface area contributed by atoms with Gasteiger partial charge >= 0.3 is 5.97 Å². The number of carbonyl (C=O) groups excluding carboxylic acids is 1. The Hall–Kier alpha value is -0.610. The van der Waals surface area contributed by atoms with Crippen LogP contribution in [0.4, 0.5) is 0 Å². The summed E-state index contributed by atoms with van der Waals surface area (Å²) in [4.78, 5) is 11.0. The zero-order valence-corrected chi connectivity index (χ0v) is 9.76. The first kappa shape index (κ1) is 14.4. The van der Waals surface area contributed by atoms with Crippen LogP contribution >= 0.6 is 0 Å². The Labute approximate surface area is 92.6 Å². The van der Waals surface area contributed by atoms with E-state index in [2.05, 4.69) is 5.32 Å². The lowest BCUT2D eigenvalue weighted by Crippen LogP contribution is -2.19. The molecule has 0 amide bonds. The molecule has 0 aliphatic rings. The second kappa shape index (κ2) is 11.5. The molecule has 0 atom stereocenters. The smallest absolute Gasteiger partial charge is 0.305 e. The van der Waals surface area contributed by atoms with Crippen molar-refractivity contribution in [2.75, 3.05) is 26.2 Å². The Balaban J connectivity index is 3.01. The third-order valence-corrected chi connectivity index (χ3v) is 2.02. The Morgan fingerprint density at radius 1 is 1.27 bits per heavy atom. The van der Waals surface area contributed by atoms with Crippen molar-refractivity contribution in [3.05, 3.63) is 0 Å². The molecule has 0 unspecified atom stereocenters. The highest BCUT2D eigenvalue weighted by Gasteiger charge is 1.98. The summed E-state index contributed by atoms with van der Waals surface area (Å²) in [6.07, 6.45) is 4.46. The van der Waals surface area contributed by atoms with Crippen LogP contribution in [0.1, 0.15) is 39.0 Å². The van der Waals surface area contributed by atoms with Gasteiger partial charge in [-0.3, -0.25) is 4.79 Å². The van der Waals surface area contributed by atoms with Crippen molar-refractivity contribution < 1.29 is 9.53 Å². The van der Waals surface area contributed by atoms with E-state index in [1.54, 1.807) is 0 Å². The van der Waals surface area contributed by atoms with Crippen molar-refractivity contribution in [3.8, 4) is 0 Å². The summed E-state index contributed by atoms with van der Waals surface area (Å²) in [5.41, 5.74) is 5.37. The van der Waals surface area contributed by atoms with Crippen molar-refractivity contribution in [1.29, 1.82) is 0 Å². The summed E-state index contributed by atoms with van der Waals surface area (Å²) in [5.74, 6) is -0.0827. The van der Waals surface area contributed by atoms with E-state index in [9.17, 15) is 4.79 Å². The highest BCUT2D eigenvalue weighted by molar-refractivity contribution is 5.69. The summed E-state index contributed by atoms with van der Waals surface area (Å²) in [6, 6.07) is 0. The molecule has 0 aromatic carbocycles. The normalized spacial score (nSPS) is 10.3. The lowest BCUT2D eigenvalue weighted by atomic mass is 10.3. The molecule has 0 saturated carbocycles. The van der Waals surface area contributed by atoms with Gasteiger partial charge in [0.25, 0.3) is 0 Å². The molecule has 0 aromatic heterocycles. The summed E-state index contributed by atoms with van der Waals surface area (Å²) < 4.78 is 5.01. The zero-order valence-electron chi connectivity index (χ0n) is 9.76. The SMILES string of the molecule is CCCC(=O)OCCCNCCCCN. The molecule has 0 spiro atoms. The highest BCUT2D eigenvalue weighted by Crippen LogP contribution is 1.92. The van der Waals surface area contributed by atoms with Gasteiger partial charge in [0.15, 0.2) is 0 Å². The Morgan fingerprint density at radius 2 is 2.00 bits per heavy atom. The van der Waals surface area contributed by atoms with Gasteiger partial charge in [-0.15, -0.1) is 0 Å². The third kappa shape index (κ3) is 11.3. The topological polar surface area (TPSA) is 64.3 Å². The molecule has 0 aliphatic carbocycles. The number of ether oxygens (including phenoxy) is 1. The molecule has 0 rings (SSSR count). The van der Waals surface area contributed by atoms with Crippen molar-refractivity contribution in [2.24, 2.45) is 5.73 Å². The van der Waals surface area contributed by atoms with Gasteiger partial charge in [0.05, 0.1) is 6.61 Å². The van der Waals surface area contributed by atoms with Gasteiger partial charge in [-0.2, -0.15) is 0 Å². The average Bonchev–Trinajstić information content (AvgIpc) is 2.22. The first-order chi connectivity index (χ1) is 7.31. The van der Waals surface area contributed by atoms with E-state index >= 15 is 0 Å². The van der Waals surface area contributed by atoms with Gasteiger partial charge in [0.1, 0.15) is 0 Å². The van der Waals surface area contributed by atoms with Gasteiger partial charge in [0, 0.05) is 6.42 Å². The molecule has 0 radical (unpaired) electrons. The molecule has 0 heterocycles.